The van der Waals surface area contributed by atoms with Crippen LogP contribution in [0.25, 0.3) is 22.0 Å². The highest BCUT2D eigenvalue weighted by Gasteiger charge is 2.15. The quantitative estimate of drug-likeness (QED) is 0.758. The van der Waals surface area contributed by atoms with Crippen LogP contribution in [0.15, 0.2) is 48.5 Å². The van der Waals surface area contributed by atoms with Gasteiger partial charge in [0.25, 0.3) is 5.91 Å². The SMILES string of the molecule is Cc1c(C(N)=O)cc(-c2cccc3ccccc23)n1C. The van der Waals surface area contributed by atoms with Crippen molar-refractivity contribution in [3.8, 4) is 11.3 Å². The van der Waals surface area contributed by atoms with E-state index < -0.39 is 0 Å². The van der Waals surface area contributed by atoms with Crippen molar-refractivity contribution in [2.75, 3.05) is 0 Å². The van der Waals surface area contributed by atoms with Crippen molar-refractivity contribution in [2.24, 2.45) is 12.8 Å². The molecule has 100 valence electrons. The molecule has 2 aromatic carbocycles. The molecule has 0 saturated carbocycles. The number of aromatic nitrogens is 1. The summed E-state index contributed by atoms with van der Waals surface area (Å²) in [6, 6.07) is 16.3. The summed E-state index contributed by atoms with van der Waals surface area (Å²) < 4.78 is 2.02. The molecular formula is C17H16N2O. The van der Waals surface area contributed by atoms with Gasteiger partial charge in [0.2, 0.25) is 0 Å². The molecule has 3 heteroatoms. The van der Waals surface area contributed by atoms with E-state index in [0.717, 1.165) is 17.0 Å². The summed E-state index contributed by atoms with van der Waals surface area (Å²) in [5.41, 5.74) is 9.02. The van der Waals surface area contributed by atoms with E-state index in [1.807, 2.05) is 42.8 Å². The van der Waals surface area contributed by atoms with Gasteiger partial charge in [-0.2, -0.15) is 0 Å². The fourth-order valence-electron chi connectivity index (χ4n) is 2.66. The van der Waals surface area contributed by atoms with Crippen LogP contribution in [0.1, 0.15) is 16.1 Å². The Labute approximate surface area is 117 Å². The molecule has 0 spiro atoms. The van der Waals surface area contributed by atoms with Crippen molar-refractivity contribution in [2.45, 2.75) is 6.92 Å². The highest BCUT2D eigenvalue weighted by Crippen LogP contribution is 2.31. The maximum Gasteiger partial charge on any atom is 0.250 e. The van der Waals surface area contributed by atoms with Crippen molar-refractivity contribution >= 4 is 16.7 Å². The molecule has 1 amide bonds. The minimum atomic E-state index is -0.385. The van der Waals surface area contributed by atoms with Crippen LogP contribution in [0.4, 0.5) is 0 Å². The van der Waals surface area contributed by atoms with Gasteiger partial charge in [-0.3, -0.25) is 4.79 Å². The maximum atomic E-state index is 11.5. The Kier molecular flexibility index (Phi) is 2.83. The van der Waals surface area contributed by atoms with E-state index in [0.29, 0.717) is 5.56 Å². The molecule has 0 aliphatic rings. The third kappa shape index (κ3) is 1.79. The van der Waals surface area contributed by atoms with E-state index in [1.54, 1.807) is 0 Å². The lowest BCUT2D eigenvalue weighted by Gasteiger charge is -2.08. The van der Waals surface area contributed by atoms with Crippen molar-refractivity contribution in [1.29, 1.82) is 0 Å². The molecule has 1 aromatic heterocycles. The van der Waals surface area contributed by atoms with Gasteiger partial charge >= 0.3 is 0 Å². The van der Waals surface area contributed by atoms with Gasteiger partial charge in [-0.15, -0.1) is 0 Å². The number of benzene rings is 2. The lowest BCUT2D eigenvalue weighted by atomic mass is 10.0. The van der Waals surface area contributed by atoms with Gasteiger partial charge in [-0.25, -0.2) is 0 Å². The second-order valence-corrected chi connectivity index (χ2v) is 4.98. The smallest absolute Gasteiger partial charge is 0.250 e. The van der Waals surface area contributed by atoms with Crippen LogP contribution < -0.4 is 5.73 Å². The van der Waals surface area contributed by atoms with E-state index in [2.05, 4.69) is 24.3 Å². The average molecular weight is 264 g/mol. The molecule has 1 heterocycles. The number of fused-ring (bicyclic) bond motifs is 1. The summed E-state index contributed by atoms with van der Waals surface area (Å²) in [4.78, 5) is 11.5. The van der Waals surface area contributed by atoms with Crippen molar-refractivity contribution in [3.05, 3.63) is 59.8 Å². The fourth-order valence-corrected chi connectivity index (χ4v) is 2.66. The summed E-state index contributed by atoms with van der Waals surface area (Å²) in [6.45, 7) is 1.91. The number of hydrogen-bond acceptors (Lipinski definition) is 1. The summed E-state index contributed by atoms with van der Waals surface area (Å²) in [5.74, 6) is -0.385. The van der Waals surface area contributed by atoms with E-state index in [4.69, 9.17) is 5.73 Å². The normalized spacial score (nSPS) is 10.9. The largest absolute Gasteiger partial charge is 0.366 e. The molecule has 3 aromatic rings. The topological polar surface area (TPSA) is 48.0 Å². The van der Waals surface area contributed by atoms with Crippen LogP contribution in [0.2, 0.25) is 0 Å². The number of carbonyl (C=O) groups is 1. The Morgan fingerprint density at radius 3 is 2.50 bits per heavy atom. The fraction of sp³-hybridized carbons (Fsp3) is 0.118. The molecule has 0 saturated heterocycles. The molecule has 2 N–H and O–H groups in total. The van der Waals surface area contributed by atoms with Crippen molar-refractivity contribution in [3.63, 3.8) is 0 Å². The van der Waals surface area contributed by atoms with Gasteiger partial charge in [0.1, 0.15) is 0 Å². The lowest BCUT2D eigenvalue weighted by molar-refractivity contribution is 0.0999. The molecule has 0 aliphatic carbocycles. The average Bonchev–Trinajstić information content (AvgIpc) is 2.75. The number of nitrogens with zero attached hydrogens (tertiary/aromatic N) is 1. The Balaban J connectivity index is 2.32. The number of primary amides is 1. The number of nitrogens with two attached hydrogens (primary N) is 1. The number of carbonyl (C=O) groups excluding carboxylic acids is 1. The predicted octanol–water partition coefficient (Wildman–Crippen LogP) is 3.25. The summed E-state index contributed by atoms with van der Waals surface area (Å²) in [7, 11) is 1.96. The maximum absolute atomic E-state index is 11.5. The summed E-state index contributed by atoms with van der Waals surface area (Å²) in [5, 5.41) is 2.36. The Morgan fingerprint density at radius 1 is 1.10 bits per heavy atom. The van der Waals surface area contributed by atoms with E-state index in [-0.39, 0.29) is 5.91 Å². The minimum absolute atomic E-state index is 0.385. The zero-order valence-corrected chi connectivity index (χ0v) is 11.6. The highest BCUT2D eigenvalue weighted by molar-refractivity contribution is 5.99. The predicted molar refractivity (Wildman–Crippen MR) is 81.6 cm³/mol. The Hall–Kier alpha value is -2.55. The standard InChI is InChI=1S/C17H16N2O/c1-11-15(17(18)20)10-16(19(11)2)14-9-5-7-12-6-3-4-8-13(12)14/h3-10H,1-2H3,(H2,18,20). The molecule has 0 radical (unpaired) electrons. The zero-order chi connectivity index (χ0) is 14.3. The Morgan fingerprint density at radius 2 is 1.80 bits per heavy atom. The van der Waals surface area contributed by atoms with Crippen LogP contribution in [-0.2, 0) is 7.05 Å². The van der Waals surface area contributed by atoms with Gasteiger partial charge < -0.3 is 10.3 Å². The molecule has 3 nitrogen and oxygen atoms in total. The summed E-state index contributed by atoms with van der Waals surface area (Å²) in [6.07, 6.45) is 0. The minimum Gasteiger partial charge on any atom is -0.366 e. The third-order valence-corrected chi connectivity index (χ3v) is 3.87. The second-order valence-electron chi connectivity index (χ2n) is 4.98. The molecule has 0 bridgehead atoms. The van der Waals surface area contributed by atoms with Gasteiger partial charge in [-0.05, 0) is 23.8 Å². The second kappa shape index (κ2) is 4.53. The monoisotopic (exact) mass is 264 g/mol. The molecule has 0 fully saturated rings. The molecule has 0 unspecified atom stereocenters. The molecule has 20 heavy (non-hydrogen) atoms. The first-order valence-corrected chi connectivity index (χ1v) is 6.54. The molecule has 3 rings (SSSR count). The number of hydrogen-bond donors (Lipinski definition) is 1. The van der Waals surface area contributed by atoms with Crippen LogP contribution in [0.3, 0.4) is 0 Å². The first kappa shape index (κ1) is 12.5. The Bertz CT molecular complexity index is 810. The van der Waals surface area contributed by atoms with Crippen LogP contribution in [-0.4, -0.2) is 10.5 Å². The third-order valence-electron chi connectivity index (χ3n) is 3.87. The van der Waals surface area contributed by atoms with Crippen LogP contribution in [0.5, 0.6) is 0 Å². The molecular weight excluding hydrogens is 248 g/mol. The van der Waals surface area contributed by atoms with Gasteiger partial charge in [-0.1, -0.05) is 42.5 Å². The van der Waals surface area contributed by atoms with Crippen LogP contribution in [0, 0.1) is 6.92 Å². The van der Waals surface area contributed by atoms with Crippen molar-refractivity contribution < 1.29 is 4.79 Å². The number of amides is 1. The van der Waals surface area contributed by atoms with E-state index in [1.165, 1.54) is 10.8 Å². The highest BCUT2D eigenvalue weighted by atomic mass is 16.1. The number of rotatable bonds is 2. The van der Waals surface area contributed by atoms with Gasteiger partial charge in [0, 0.05) is 24.0 Å². The first-order valence-electron chi connectivity index (χ1n) is 6.54. The lowest BCUT2D eigenvalue weighted by Crippen LogP contribution is -2.11. The zero-order valence-electron chi connectivity index (χ0n) is 11.6. The molecule has 0 atom stereocenters. The van der Waals surface area contributed by atoms with Crippen molar-refractivity contribution in [1.82, 2.24) is 4.57 Å². The van der Waals surface area contributed by atoms with E-state index >= 15 is 0 Å². The first-order chi connectivity index (χ1) is 9.59. The van der Waals surface area contributed by atoms with E-state index in [9.17, 15) is 4.79 Å². The van der Waals surface area contributed by atoms with Gasteiger partial charge in [0.15, 0.2) is 0 Å². The van der Waals surface area contributed by atoms with Crippen LogP contribution >= 0.6 is 0 Å². The molecule has 0 aliphatic heterocycles. The summed E-state index contributed by atoms with van der Waals surface area (Å²) >= 11 is 0. The van der Waals surface area contributed by atoms with Gasteiger partial charge in [0.05, 0.1) is 5.56 Å².